The van der Waals surface area contributed by atoms with Crippen molar-refractivity contribution in [2.24, 2.45) is 5.14 Å². The molecule has 148 valence electrons. The van der Waals surface area contributed by atoms with E-state index in [0.29, 0.717) is 5.02 Å². The number of halogens is 1. The summed E-state index contributed by atoms with van der Waals surface area (Å²) in [6.45, 7) is 1.74. The van der Waals surface area contributed by atoms with Gasteiger partial charge in [0, 0.05) is 34.4 Å². The molecule has 4 nitrogen and oxygen atoms in total. The summed E-state index contributed by atoms with van der Waals surface area (Å²) in [5.41, 5.74) is 5.25. The van der Waals surface area contributed by atoms with Gasteiger partial charge in [0.05, 0.1) is 6.42 Å². The highest BCUT2D eigenvalue weighted by atomic mass is 35.5. The first-order valence-electron chi connectivity index (χ1n) is 9.50. The van der Waals surface area contributed by atoms with Crippen molar-refractivity contribution in [1.82, 2.24) is 0 Å². The summed E-state index contributed by atoms with van der Waals surface area (Å²) in [6.07, 6.45) is 1.16. The van der Waals surface area contributed by atoms with E-state index in [9.17, 15) is 4.79 Å². The Morgan fingerprint density at radius 2 is 1.86 bits per heavy atom. The van der Waals surface area contributed by atoms with Gasteiger partial charge in [-0.25, -0.2) is 0 Å². The molecule has 0 atom stereocenters. The molecule has 1 heterocycles. The highest BCUT2D eigenvalue weighted by Crippen LogP contribution is 2.33. The fourth-order valence-corrected chi connectivity index (χ4v) is 4.49. The fraction of sp³-hybridized carbons (Fsp3) is 0.174. The van der Waals surface area contributed by atoms with Gasteiger partial charge in [-0.15, -0.1) is 0 Å². The third kappa shape index (κ3) is 4.58. The van der Waals surface area contributed by atoms with Crippen molar-refractivity contribution < 1.29 is 4.79 Å². The molecule has 0 aliphatic carbocycles. The summed E-state index contributed by atoms with van der Waals surface area (Å²) in [5, 5.41) is 9.55. The maximum atomic E-state index is 12.6. The van der Waals surface area contributed by atoms with Crippen LogP contribution >= 0.6 is 23.5 Å². The molecule has 0 saturated carbocycles. The molecule has 29 heavy (non-hydrogen) atoms. The molecule has 0 fully saturated rings. The number of nitrogens with two attached hydrogens (primary N) is 1. The van der Waals surface area contributed by atoms with Crippen molar-refractivity contribution in [3.63, 3.8) is 0 Å². The minimum Gasteiger partial charge on any atom is -0.367 e. The quantitative estimate of drug-likeness (QED) is 0.564. The molecule has 6 heteroatoms. The third-order valence-electron chi connectivity index (χ3n) is 5.14. The second-order valence-electron chi connectivity index (χ2n) is 7.05. The molecule has 3 N–H and O–H groups in total. The second kappa shape index (κ2) is 8.91. The van der Waals surface area contributed by atoms with Crippen LogP contribution in [0.4, 0.5) is 11.4 Å². The summed E-state index contributed by atoms with van der Waals surface area (Å²) in [6, 6.07) is 21.8. The van der Waals surface area contributed by atoms with Gasteiger partial charge in [-0.1, -0.05) is 48.0 Å². The van der Waals surface area contributed by atoms with Crippen LogP contribution < -0.4 is 15.4 Å². The highest BCUT2D eigenvalue weighted by Gasteiger charge is 2.21. The molecule has 3 aromatic rings. The van der Waals surface area contributed by atoms with E-state index in [1.807, 2.05) is 30.3 Å². The molecule has 0 unspecified atom stereocenters. The van der Waals surface area contributed by atoms with Crippen LogP contribution in [0.3, 0.4) is 0 Å². The monoisotopic (exact) mass is 423 g/mol. The standard InChI is InChI=1S/C23H22ClN3OS/c24-21-9-5-4-6-16(21)13-23(28)26-18-12-17-15-27(19-7-2-1-3-8-19)11-10-20(17)22(14-18)29-25/h1-9,12,14H,10-11,13,15,25H2,(H,26,28). The van der Waals surface area contributed by atoms with Crippen LogP contribution in [0.2, 0.25) is 5.02 Å². The topological polar surface area (TPSA) is 58.4 Å². The van der Waals surface area contributed by atoms with E-state index in [-0.39, 0.29) is 12.3 Å². The Balaban J connectivity index is 1.55. The Bertz CT molecular complexity index is 1030. The zero-order valence-corrected chi connectivity index (χ0v) is 17.5. The molecule has 0 aromatic heterocycles. The zero-order chi connectivity index (χ0) is 20.2. The second-order valence-corrected chi connectivity index (χ2v) is 8.14. The van der Waals surface area contributed by atoms with Crippen LogP contribution in [0.5, 0.6) is 0 Å². The predicted octanol–water partition coefficient (Wildman–Crippen LogP) is 5.05. The van der Waals surface area contributed by atoms with Crippen molar-refractivity contribution in [3.8, 4) is 0 Å². The number of hydrogen-bond acceptors (Lipinski definition) is 4. The molecular formula is C23H22ClN3OS. The largest absolute Gasteiger partial charge is 0.367 e. The molecule has 0 saturated heterocycles. The van der Waals surface area contributed by atoms with Gasteiger partial charge >= 0.3 is 0 Å². The average Bonchev–Trinajstić information content (AvgIpc) is 2.75. The van der Waals surface area contributed by atoms with Gasteiger partial charge in [0.25, 0.3) is 0 Å². The van der Waals surface area contributed by atoms with Gasteiger partial charge in [0.15, 0.2) is 0 Å². The third-order valence-corrected chi connectivity index (χ3v) is 6.12. The highest BCUT2D eigenvalue weighted by molar-refractivity contribution is 7.97. The number of carbonyl (C=O) groups is 1. The number of nitrogens with zero attached hydrogens (tertiary/aromatic N) is 1. The van der Waals surface area contributed by atoms with E-state index in [4.69, 9.17) is 16.7 Å². The summed E-state index contributed by atoms with van der Waals surface area (Å²) in [7, 11) is 0. The Morgan fingerprint density at radius 3 is 2.62 bits per heavy atom. The summed E-state index contributed by atoms with van der Waals surface area (Å²) in [4.78, 5) is 15.9. The molecule has 3 aromatic carbocycles. The van der Waals surface area contributed by atoms with Crippen molar-refractivity contribution in [3.05, 3.63) is 88.4 Å². The van der Waals surface area contributed by atoms with E-state index in [0.717, 1.165) is 35.7 Å². The smallest absolute Gasteiger partial charge is 0.228 e. The van der Waals surface area contributed by atoms with Gasteiger partial charge in [-0.3, -0.25) is 9.93 Å². The molecule has 1 amide bonds. The van der Waals surface area contributed by atoms with E-state index in [1.54, 1.807) is 6.07 Å². The Kier molecular flexibility index (Phi) is 6.09. The number of amides is 1. The normalized spacial score (nSPS) is 13.1. The number of hydrogen-bond donors (Lipinski definition) is 2. The Hall–Kier alpha value is -2.47. The minimum atomic E-state index is -0.0956. The molecule has 4 rings (SSSR count). The van der Waals surface area contributed by atoms with Crippen molar-refractivity contribution >= 4 is 40.8 Å². The first-order chi connectivity index (χ1) is 14.1. The lowest BCUT2D eigenvalue weighted by molar-refractivity contribution is -0.115. The summed E-state index contributed by atoms with van der Waals surface area (Å²) < 4.78 is 0. The van der Waals surface area contributed by atoms with E-state index < -0.39 is 0 Å². The van der Waals surface area contributed by atoms with Crippen molar-refractivity contribution in [1.29, 1.82) is 0 Å². The molecule has 1 aliphatic rings. The summed E-state index contributed by atoms with van der Waals surface area (Å²) in [5.74, 6) is -0.0956. The van der Waals surface area contributed by atoms with Crippen LogP contribution in [0.25, 0.3) is 0 Å². The van der Waals surface area contributed by atoms with E-state index in [1.165, 1.54) is 28.8 Å². The Morgan fingerprint density at radius 1 is 1.10 bits per heavy atom. The maximum Gasteiger partial charge on any atom is 0.228 e. The van der Waals surface area contributed by atoms with Gasteiger partial charge in [0.2, 0.25) is 5.91 Å². The van der Waals surface area contributed by atoms with E-state index >= 15 is 0 Å². The Labute approximate surface area is 180 Å². The number of anilines is 2. The van der Waals surface area contributed by atoms with Crippen molar-refractivity contribution in [2.45, 2.75) is 24.3 Å². The van der Waals surface area contributed by atoms with Crippen LogP contribution in [0.15, 0.2) is 71.6 Å². The van der Waals surface area contributed by atoms with Crippen LogP contribution in [0, 0.1) is 0 Å². The lowest BCUT2D eigenvalue weighted by Crippen LogP contribution is -2.31. The van der Waals surface area contributed by atoms with Crippen LogP contribution in [-0.2, 0) is 24.2 Å². The molecular weight excluding hydrogens is 402 g/mol. The lowest BCUT2D eigenvalue weighted by Gasteiger charge is -2.32. The van der Waals surface area contributed by atoms with Crippen molar-refractivity contribution in [2.75, 3.05) is 16.8 Å². The molecule has 1 aliphatic heterocycles. The summed E-state index contributed by atoms with van der Waals surface area (Å²) >= 11 is 7.42. The number of fused-ring (bicyclic) bond motifs is 1. The van der Waals surface area contributed by atoms with Gasteiger partial charge in [0.1, 0.15) is 0 Å². The molecule has 0 spiro atoms. The SMILES string of the molecule is NSc1cc(NC(=O)Cc2ccccc2Cl)cc2c1CCN(c1ccccc1)C2. The van der Waals surface area contributed by atoms with Crippen LogP contribution in [-0.4, -0.2) is 12.5 Å². The lowest BCUT2D eigenvalue weighted by atomic mass is 9.98. The molecule has 0 bridgehead atoms. The number of benzene rings is 3. The first kappa shape index (κ1) is 19.8. The number of para-hydroxylation sites is 1. The minimum absolute atomic E-state index is 0.0956. The average molecular weight is 424 g/mol. The zero-order valence-electron chi connectivity index (χ0n) is 15.9. The first-order valence-corrected chi connectivity index (χ1v) is 10.8. The van der Waals surface area contributed by atoms with Gasteiger partial charge in [-0.05, 0) is 65.4 Å². The maximum absolute atomic E-state index is 12.6. The van der Waals surface area contributed by atoms with Gasteiger partial charge in [-0.2, -0.15) is 0 Å². The number of rotatable bonds is 5. The number of nitrogens with one attached hydrogen (secondary N) is 1. The molecule has 0 radical (unpaired) electrons. The predicted molar refractivity (Wildman–Crippen MR) is 121 cm³/mol. The van der Waals surface area contributed by atoms with E-state index in [2.05, 4.69) is 40.5 Å². The van der Waals surface area contributed by atoms with Gasteiger partial charge < -0.3 is 10.2 Å². The fourth-order valence-electron chi connectivity index (χ4n) is 3.72. The number of carbonyl (C=O) groups excluding carboxylic acids is 1. The van der Waals surface area contributed by atoms with Crippen LogP contribution in [0.1, 0.15) is 16.7 Å².